The van der Waals surface area contributed by atoms with Crippen molar-refractivity contribution in [3.63, 3.8) is 0 Å². The normalized spacial score (nSPS) is 21.4. The van der Waals surface area contributed by atoms with Crippen molar-refractivity contribution < 1.29 is 14.4 Å². The van der Waals surface area contributed by atoms with Gasteiger partial charge in [-0.2, -0.15) is 5.26 Å². The third kappa shape index (κ3) is 3.67. The van der Waals surface area contributed by atoms with E-state index in [4.69, 9.17) is 5.26 Å². The van der Waals surface area contributed by atoms with Gasteiger partial charge >= 0.3 is 0 Å². The van der Waals surface area contributed by atoms with Crippen LogP contribution in [-0.4, -0.2) is 34.8 Å². The number of nitrogens with one attached hydrogen (secondary N) is 2. The molecule has 28 heavy (non-hydrogen) atoms. The smallest absolute Gasteiger partial charge is 0.260 e. The Morgan fingerprint density at radius 3 is 2.86 bits per heavy atom. The van der Waals surface area contributed by atoms with Gasteiger partial charge in [-0.05, 0) is 37.0 Å². The lowest BCUT2D eigenvalue weighted by molar-refractivity contribution is -0.144. The Morgan fingerprint density at radius 2 is 2.11 bits per heavy atom. The molecular formula is C21H22N4O3. The molecule has 3 rings (SSSR count). The third-order valence-electron chi connectivity index (χ3n) is 5.03. The van der Waals surface area contributed by atoms with Crippen LogP contribution in [-0.2, 0) is 14.4 Å². The van der Waals surface area contributed by atoms with Crippen molar-refractivity contribution in [1.82, 2.24) is 15.8 Å². The highest BCUT2D eigenvalue weighted by Gasteiger charge is 2.38. The molecule has 0 fully saturated rings. The number of amides is 3. The molecule has 144 valence electrons. The van der Waals surface area contributed by atoms with Gasteiger partial charge in [0.2, 0.25) is 11.8 Å². The van der Waals surface area contributed by atoms with Gasteiger partial charge in [0.25, 0.3) is 5.91 Å². The lowest BCUT2D eigenvalue weighted by Crippen LogP contribution is -2.57. The molecule has 3 amide bonds. The molecule has 0 radical (unpaired) electrons. The number of hydrogen-bond acceptors (Lipinski definition) is 4. The maximum atomic E-state index is 13.2. The SMILES string of the molecule is CC1C(=O)N(NC(=O)[C@H](C)NC(=O)CC#N)C2CC=CC=C2c2ccccc21. The Kier molecular flexibility index (Phi) is 5.59. The number of benzene rings is 1. The first-order chi connectivity index (χ1) is 13.4. The number of nitrogens with zero attached hydrogens (tertiary/aromatic N) is 2. The average Bonchev–Trinajstić information content (AvgIpc) is 2.78. The van der Waals surface area contributed by atoms with Crippen LogP contribution in [0.3, 0.4) is 0 Å². The first-order valence-electron chi connectivity index (χ1n) is 9.20. The zero-order valence-corrected chi connectivity index (χ0v) is 15.8. The third-order valence-corrected chi connectivity index (χ3v) is 5.03. The van der Waals surface area contributed by atoms with Crippen molar-refractivity contribution in [2.75, 3.05) is 0 Å². The monoisotopic (exact) mass is 378 g/mol. The summed E-state index contributed by atoms with van der Waals surface area (Å²) in [5, 5.41) is 12.4. The fourth-order valence-electron chi connectivity index (χ4n) is 3.54. The predicted octanol–water partition coefficient (Wildman–Crippen LogP) is 1.79. The summed E-state index contributed by atoms with van der Waals surface area (Å²) in [6.45, 7) is 3.34. The molecule has 2 aliphatic rings. The van der Waals surface area contributed by atoms with Crippen LogP contribution in [0.5, 0.6) is 0 Å². The molecule has 0 bridgehead atoms. The summed E-state index contributed by atoms with van der Waals surface area (Å²) in [4.78, 5) is 37.4. The molecular weight excluding hydrogens is 356 g/mol. The maximum absolute atomic E-state index is 13.2. The van der Waals surface area contributed by atoms with E-state index in [1.54, 1.807) is 6.07 Å². The Hall–Kier alpha value is -3.40. The lowest BCUT2D eigenvalue weighted by atomic mass is 9.88. The van der Waals surface area contributed by atoms with E-state index in [0.29, 0.717) is 6.42 Å². The minimum Gasteiger partial charge on any atom is -0.344 e. The van der Waals surface area contributed by atoms with Crippen LogP contribution in [0, 0.1) is 11.3 Å². The van der Waals surface area contributed by atoms with Crippen molar-refractivity contribution in [3.8, 4) is 6.07 Å². The van der Waals surface area contributed by atoms with Gasteiger partial charge in [-0.15, -0.1) is 0 Å². The lowest BCUT2D eigenvalue weighted by Gasteiger charge is -2.33. The van der Waals surface area contributed by atoms with E-state index in [2.05, 4.69) is 10.7 Å². The molecule has 1 aliphatic heterocycles. The molecule has 2 N–H and O–H groups in total. The molecule has 0 saturated carbocycles. The Labute approximate surface area is 163 Å². The molecule has 0 spiro atoms. The predicted molar refractivity (Wildman–Crippen MR) is 103 cm³/mol. The minimum atomic E-state index is -0.874. The zero-order chi connectivity index (χ0) is 20.3. The number of hydrazine groups is 1. The number of carbonyl (C=O) groups excluding carboxylic acids is 3. The molecule has 1 aliphatic carbocycles. The van der Waals surface area contributed by atoms with E-state index in [1.165, 1.54) is 11.9 Å². The average molecular weight is 378 g/mol. The fraction of sp³-hybridized carbons (Fsp3) is 0.333. The van der Waals surface area contributed by atoms with Gasteiger partial charge in [-0.25, -0.2) is 5.01 Å². The Balaban J connectivity index is 1.88. The Morgan fingerprint density at radius 1 is 1.36 bits per heavy atom. The first kappa shape index (κ1) is 19.4. The van der Waals surface area contributed by atoms with Gasteiger partial charge in [0.1, 0.15) is 12.5 Å². The Bertz CT molecular complexity index is 912. The summed E-state index contributed by atoms with van der Waals surface area (Å²) in [7, 11) is 0. The van der Waals surface area contributed by atoms with E-state index in [9.17, 15) is 14.4 Å². The van der Waals surface area contributed by atoms with E-state index in [-0.39, 0.29) is 18.4 Å². The maximum Gasteiger partial charge on any atom is 0.260 e. The minimum absolute atomic E-state index is 0.208. The van der Waals surface area contributed by atoms with Crippen molar-refractivity contribution in [1.29, 1.82) is 5.26 Å². The van der Waals surface area contributed by atoms with Crippen LogP contribution in [0.1, 0.15) is 43.7 Å². The molecule has 1 aromatic carbocycles. The summed E-state index contributed by atoms with van der Waals surface area (Å²) in [5.41, 5.74) is 5.59. The highest BCUT2D eigenvalue weighted by Crippen LogP contribution is 2.37. The van der Waals surface area contributed by atoms with Gasteiger partial charge in [-0.3, -0.25) is 19.8 Å². The molecule has 7 nitrogen and oxygen atoms in total. The molecule has 1 aromatic rings. The summed E-state index contributed by atoms with van der Waals surface area (Å²) in [6, 6.07) is 8.31. The summed E-state index contributed by atoms with van der Waals surface area (Å²) in [5.74, 6) is -1.67. The molecule has 0 aromatic heterocycles. The first-order valence-corrected chi connectivity index (χ1v) is 9.20. The van der Waals surface area contributed by atoms with Crippen molar-refractivity contribution in [2.45, 2.75) is 44.7 Å². The second-order valence-electron chi connectivity index (χ2n) is 6.92. The molecule has 0 saturated heterocycles. The summed E-state index contributed by atoms with van der Waals surface area (Å²) < 4.78 is 0. The van der Waals surface area contributed by atoms with Gasteiger partial charge in [-0.1, -0.05) is 42.5 Å². The molecule has 3 atom stereocenters. The van der Waals surface area contributed by atoms with Gasteiger partial charge in [0, 0.05) is 0 Å². The largest absolute Gasteiger partial charge is 0.344 e. The van der Waals surface area contributed by atoms with Crippen LogP contribution in [0.25, 0.3) is 5.57 Å². The number of fused-ring (bicyclic) bond motifs is 3. The van der Waals surface area contributed by atoms with Crippen LogP contribution in [0.15, 0.2) is 42.5 Å². The van der Waals surface area contributed by atoms with Gasteiger partial charge in [0.15, 0.2) is 0 Å². The second-order valence-corrected chi connectivity index (χ2v) is 6.92. The van der Waals surface area contributed by atoms with Crippen molar-refractivity contribution >= 4 is 23.3 Å². The van der Waals surface area contributed by atoms with Crippen LogP contribution >= 0.6 is 0 Å². The number of nitriles is 1. The number of carbonyl (C=O) groups is 3. The number of rotatable bonds is 4. The number of hydrogen-bond donors (Lipinski definition) is 2. The van der Waals surface area contributed by atoms with Crippen molar-refractivity contribution in [2.24, 2.45) is 0 Å². The van der Waals surface area contributed by atoms with Crippen LogP contribution in [0.2, 0.25) is 0 Å². The van der Waals surface area contributed by atoms with Gasteiger partial charge < -0.3 is 5.32 Å². The molecule has 2 unspecified atom stereocenters. The quantitative estimate of drug-likeness (QED) is 0.834. The summed E-state index contributed by atoms with van der Waals surface area (Å²) in [6.07, 6.45) is 6.13. The van der Waals surface area contributed by atoms with Crippen molar-refractivity contribution in [3.05, 3.63) is 53.6 Å². The van der Waals surface area contributed by atoms with Crippen LogP contribution < -0.4 is 10.7 Å². The van der Waals surface area contributed by atoms with Crippen LogP contribution in [0.4, 0.5) is 0 Å². The molecule has 1 heterocycles. The second kappa shape index (κ2) is 8.09. The van der Waals surface area contributed by atoms with E-state index < -0.39 is 23.8 Å². The zero-order valence-electron chi connectivity index (χ0n) is 15.8. The highest BCUT2D eigenvalue weighted by atomic mass is 16.2. The van der Waals surface area contributed by atoms with E-state index in [1.807, 2.05) is 49.4 Å². The standard InChI is InChI=1S/C21H22N4O3/c1-13-15-7-3-4-8-16(15)17-9-5-6-10-18(17)25(21(13)28)24-20(27)14(2)23-19(26)11-12-22/h3-9,13-14,18H,10-11H2,1-2H3,(H,23,26)(H,24,27)/t13?,14-,18?/m0/s1. The fourth-order valence-corrected chi connectivity index (χ4v) is 3.54. The van der Waals surface area contributed by atoms with Gasteiger partial charge in [0.05, 0.1) is 18.0 Å². The molecule has 7 heteroatoms. The van der Waals surface area contributed by atoms with E-state index in [0.717, 1.165) is 16.7 Å². The highest BCUT2D eigenvalue weighted by molar-refractivity contribution is 5.94. The summed E-state index contributed by atoms with van der Waals surface area (Å²) >= 11 is 0. The number of allylic oxidation sites excluding steroid dienone is 2. The topological polar surface area (TPSA) is 102 Å². The van der Waals surface area contributed by atoms with E-state index >= 15 is 0 Å².